The van der Waals surface area contributed by atoms with Gasteiger partial charge in [0.1, 0.15) is 0 Å². The fourth-order valence-corrected chi connectivity index (χ4v) is 1.90. The SMILES string of the molecule is Cc1cc(C=CC(N)=O)c(C)s1. The molecule has 1 heterocycles. The first-order valence-electron chi connectivity index (χ1n) is 3.64. The molecule has 0 radical (unpaired) electrons. The van der Waals surface area contributed by atoms with Crippen molar-refractivity contribution in [3.8, 4) is 0 Å². The van der Waals surface area contributed by atoms with Crippen molar-refractivity contribution in [2.45, 2.75) is 13.8 Å². The van der Waals surface area contributed by atoms with Crippen molar-refractivity contribution in [2.75, 3.05) is 0 Å². The molecule has 12 heavy (non-hydrogen) atoms. The summed E-state index contributed by atoms with van der Waals surface area (Å²) in [7, 11) is 0. The van der Waals surface area contributed by atoms with Crippen molar-refractivity contribution in [1.82, 2.24) is 0 Å². The van der Waals surface area contributed by atoms with Gasteiger partial charge in [0.2, 0.25) is 5.91 Å². The van der Waals surface area contributed by atoms with E-state index in [2.05, 4.69) is 0 Å². The Morgan fingerprint density at radius 1 is 1.58 bits per heavy atom. The van der Waals surface area contributed by atoms with Crippen LogP contribution in [0.25, 0.3) is 6.08 Å². The van der Waals surface area contributed by atoms with Gasteiger partial charge in [0, 0.05) is 15.8 Å². The van der Waals surface area contributed by atoms with Gasteiger partial charge in [-0.1, -0.05) is 0 Å². The van der Waals surface area contributed by atoms with E-state index in [1.165, 1.54) is 15.8 Å². The summed E-state index contributed by atoms with van der Waals surface area (Å²) in [5.41, 5.74) is 6.05. The third-order valence-electron chi connectivity index (χ3n) is 1.51. The predicted octanol–water partition coefficient (Wildman–Crippen LogP) is 1.86. The molecule has 0 aliphatic rings. The summed E-state index contributed by atoms with van der Waals surface area (Å²) >= 11 is 1.72. The van der Waals surface area contributed by atoms with Gasteiger partial charge in [0.25, 0.3) is 0 Å². The van der Waals surface area contributed by atoms with E-state index in [1.807, 2.05) is 19.9 Å². The molecule has 1 rings (SSSR count). The van der Waals surface area contributed by atoms with E-state index in [9.17, 15) is 4.79 Å². The van der Waals surface area contributed by atoms with E-state index >= 15 is 0 Å². The van der Waals surface area contributed by atoms with Gasteiger partial charge in [0.05, 0.1) is 0 Å². The standard InChI is InChI=1S/C9H11NOS/c1-6-5-8(7(2)12-6)3-4-9(10)11/h3-5H,1-2H3,(H2,10,11). The topological polar surface area (TPSA) is 43.1 Å². The van der Waals surface area contributed by atoms with Crippen molar-refractivity contribution in [3.63, 3.8) is 0 Å². The molecule has 1 amide bonds. The zero-order chi connectivity index (χ0) is 9.14. The van der Waals surface area contributed by atoms with Gasteiger partial charge in [0.15, 0.2) is 0 Å². The van der Waals surface area contributed by atoms with E-state index in [0.29, 0.717) is 0 Å². The fourth-order valence-electron chi connectivity index (χ4n) is 0.988. The first-order chi connectivity index (χ1) is 5.59. The Labute approximate surface area is 75.7 Å². The molecule has 0 aliphatic heterocycles. The van der Waals surface area contributed by atoms with Crippen LogP contribution in [-0.2, 0) is 4.79 Å². The maximum absolute atomic E-state index is 10.4. The summed E-state index contributed by atoms with van der Waals surface area (Å²) in [6, 6.07) is 2.04. The number of thiophene rings is 1. The molecule has 64 valence electrons. The molecule has 0 unspecified atom stereocenters. The highest BCUT2D eigenvalue weighted by Crippen LogP contribution is 2.21. The number of rotatable bonds is 2. The summed E-state index contributed by atoms with van der Waals surface area (Å²) in [6.45, 7) is 4.07. The minimum Gasteiger partial charge on any atom is -0.366 e. The summed E-state index contributed by atoms with van der Waals surface area (Å²) in [5, 5.41) is 0. The van der Waals surface area contributed by atoms with E-state index in [0.717, 1.165) is 5.56 Å². The lowest BCUT2D eigenvalue weighted by molar-refractivity contribution is -0.113. The largest absolute Gasteiger partial charge is 0.366 e. The van der Waals surface area contributed by atoms with Crippen LogP contribution in [0, 0.1) is 13.8 Å². The molecule has 3 heteroatoms. The Kier molecular flexibility index (Phi) is 2.65. The number of carbonyl (C=O) groups excluding carboxylic acids is 1. The number of nitrogens with two attached hydrogens (primary N) is 1. The number of aryl methyl sites for hydroxylation is 2. The molecular weight excluding hydrogens is 170 g/mol. The van der Waals surface area contributed by atoms with Gasteiger partial charge in [-0.25, -0.2) is 0 Å². The molecular formula is C9H11NOS. The predicted molar refractivity (Wildman–Crippen MR) is 52.0 cm³/mol. The van der Waals surface area contributed by atoms with E-state index < -0.39 is 5.91 Å². The maximum Gasteiger partial charge on any atom is 0.241 e. The molecule has 2 N–H and O–H groups in total. The minimum atomic E-state index is -0.404. The average Bonchev–Trinajstić information content (AvgIpc) is 2.26. The number of carbonyl (C=O) groups is 1. The van der Waals surface area contributed by atoms with Crippen LogP contribution in [0.5, 0.6) is 0 Å². The average molecular weight is 181 g/mol. The van der Waals surface area contributed by atoms with Crippen LogP contribution in [0.4, 0.5) is 0 Å². The molecule has 0 fully saturated rings. The smallest absolute Gasteiger partial charge is 0.241 e. The van der Waals surface area contributed by atoms with Crippen molar-refractivity contribution >= 4 is 23.3 Å². The van der Waals surface area contributed by atoms with Crippen LogP contribution in [0.15, 0.2) is 12.1 Å². The van der Waals surface area contributed by atoms with E-state index in [4.69, 9.17) is 5.73 Å². The lowest BCUT2D eigenvalue weighted by atomic mass is 10.2. The third kappa shape index (κ3) is 2.20. The summed E-state index contributed by atoms with van der Waals surface area (Å²) in [5.74, 6) is -0.404. The highest BCUT2D eigenvalue weighted by Gasteiger charge is 1.98. The highest BCUT2D eigenvalue weighted by molar-refractivity contribution is 7.12. The van der Waals surface area contributed by atoms with Gasteiger partial charge < -0.3 is 5.73 Å². The second-order valence-electron chi connectivity index (χ2n) is 2.60. The zero-order valence-electron chi connectivity index (χ0n) is 7.13. The monoisotopic (exact) mass is 181 g/mol. The van der Waals surface area contributed by atoms with E-state index in [1.54, 1.807) is 17.4 Å². The Bertz CT molecular complexity index is 325. The Morgan fingerprint density at radius 3 is 2.67 bits per heavy atom. The third-order valence-corrected chi connectivity index (χ3v) is 2.49. The molecule has 0 saturated heterocycles. The summed E-state index contributed by atoms with van der Waals surface area (Å²) in [4.78, 5) is 12.9. The number of primary amides is 1. The molecule has 0 spiro atoms. The van der Waals surface area contributed by atoms with E-state index in [-0.39, 0.29) is 0 Å². The number of hydrogen-bond acceptors (Lipinski definition) is 2. The van der Waals surface area contributed by atoms with Crippen molar-refractivity contribution in [3.05, 3.63) is 27.5 Å². The van der Waals surface area contributed by atoms with Crippen molar-refractivity contribution in [2.24, 2.45) is 5.73 Å². The minimum absolute atomic E-state index is 0.404. The normalized spacial score (nSPS) is 10.8. The fraction of sp³-hybridized carbons (Fsp3) is 0.222. The molecule has 1 aromatic heterocycles. The van der Waals surface area contributed by atoms with Gasteiger partial charge >= 0.3 is 0 Å². The van der Waals surface area contributed by atoms with Gasteiger partial charge in [-0.05, 0) is 31.6 Å². The Hall–Kier alpha value is -1.09. The first kappa shape index (κ1) is 9.00. The first-order valence-corrected chi connectivity index (χ1v) is 4.46. The molecule has 2 nitrogen and oxygen atoms in total. The van der Waals surface area contributed by atoms with Crippen LogP contribution in [-0.4, -0.2) is 5.91 Å². The van der Waals surface area contributed by atoms with Crippen molar-refractivity contribution in [1.29, 1.82) is 0 Å². The maximum atomic E-state index is 10.4. The molecule has 0 atom stereocenters. The van der Waals surface area contributed by atoms with Crippen molar-refractivity contribution < 1.29 is 4.79 Å². The molecule has 0 saturated carbocycles. The number of amides is 1. The second kappa shape index (κ2) is 3.54. The van der Waals surface area contributed by atoms with Crippen LogP contribution in [0.2, 0.25) is 0 Å². The lowest BCUT2D eigenvalue weighted by Gasteiger charge is -1.86. The van der Waals surface area contributed by atoms with Gasteiger partial charge in [-0.15, -0.1) is 11.3 Å². The van der Waals surface area contributed by atoms with Crippen LogP contribution in [0.3, 0.4) is 0 Å². The Balaban J connectivity index is 2.89. The summed E-state index contributed by atoms with van der Waals surface area (Å²) in [6.07, 6.45) is 3.13. The number of hydrogen-bond donors (Lipinski definition) is 1. The molecule has 0 aromatic carbocycles. The molecule has 1 aromatic rings. The highest BCUT2D eigenvalue weighted by atomic mass is 32.1. The van der Waals surface area contributed by atoms with Gasteiger partial charge in [-0.3, -0.25) is 4.79 Å². The Morgan fingerprint density at radius 2 is 2.25 bits per heavy atom. The van der Waals surface area contributed by atoms with Crippen LogP contribution < -0.4 is 5.73 Å². The zero-order valence-corrected chi connectivity index (χ0v) is 7.94. The second-order valence-corrected chi connectivity index (χ2v) is 4.06. The quantitative estimate of drug-likeness (QED) is 0.695. The molecule has 0 aliphatic carbocycles. The van der Waals surface area contributed by atoms with Crippen LogP contribution >= 0.6 is 11.3 Å². The van der Waals surface area contributed by atoms with Crippen LogP contribution in [0.1, 0.15) is 15.3 Å². The summed E-state index contributed by atoms with van der Waals surface area (Å²) < 4.78 is 0. The van der Waals surface area contributed by atoms with Gasteiger partial charge in [-0.2, -0.15) is 0 Å². The molecule has 0 bridgehead atoms. The lowest BCUT2D eigenvalue weighted by Crippen LogP contribution is -2.05.